The van der Waals surface area contributed by atoms with E-state index in [1.54, 1.807) is 29.2 Å². The molecule has 1 amide bonds. The zero-order chi connectivity index (χ0) is 16.4. The van der Waals surface area contributed by atoms with E-state index in [9.17, 15) is 14.7 Å². The Balaban J connectivity index is 1.78. The highest BCUT2D eigenvalue weighted by Gasteiger charge is 2.50. The highest BCUT2D eigenvalue weighted by molar-refractivity contribution is 5.76. The zero-order valence-electron chi connectivity index (χ0n) is 12.8. The van der Waals surface area contributed by atoms with Crippen molar-refractivity contribution in [2.75, 3.05) is 20.3 Å². The number of para-hydroxylation sites is 1. The van der Waals surface area contributed by atoms with Crippen molar-refractivity contribution in [3.8, 4) is 5.75 Å². The van der Waals surface area contributed by atoms with Crippen LogP contribution in [0.15, 0.2) is 42.5 Å². The van der Waals surface area contributed by atoms with E-state index in [4.69, 9.17) is 9.47 Å². The first kappa shape index (κ1) is 15.6. The highest BCUT2D eigenvalue weighted by atomic mass is 16.6. The summed E-state index contributed by atoms with van der Waals surface area (Å²) in [5.41, 5.74) is 0. The summed E-state index contributed by atoms with van der Waals surface area (Å²) in [5.74, 6) is -0.865. The Morgan fingerprint density at radius 3 is 2.65 bits per heavy atom. The molecule has 4 atom stereocenters. The lowest BCUT2D eigenvalue weighted by Crippen LogP contribution is -2.60. The van der Waals surface area contributed by atoms with Crippen LogP contribution in [0, 0.1) is 17.8 Å². The first-order valence-electron chi connectivity index (χ1n) is 7.56. The number of fused-ring (bicyclic) bond motifs is 2. The van der Waals surface area contributed by atoms with Crippen molar-refractivity contribution in [3.05, 3.63) is 42.5 Å². The fraction of sp³-hybridized carbons (Fsp3) is 0.412. The topological polar surface area (TPSA) is 76.1 Å². The molecule has 23 heavy (non-hydrogen) atoms. The Morgan fingerprint density at radius 1 is 1.26 bits per heavy atom. The molecule has 0 radical (unpaired) electrons. The van der Waals surface area contributed by atoms with Gasteiger partial charge in [-0.1, -0.05) is 30.4 Å². The third kappa shape index (κ3) is 2.82. The van der Waals surface area contributed by atoms with Gasteiger partial charge < -0.3 is 19.5 Å². The molecule has 0 aromatic heterocycles. The molecule has 1 N–H and O–H groups in total. The van der Waals surface area contributed by atoms with Crippen LogP contribution in [0.3, 0.4) is 0 Å². The minimum absolute atomic E-state index is 0.173. The Bertz CT molecular complexity index is 615. The van der Waals surface area contributed by atoms with Gasteiger partial charge in [-0.2, -0.15) is 0 Å². The van der Waals surface area contributed by atoms with Crippen molar-refractivity contribution in [3.63, 3.8) is 0 Å². The summed E-state index contributed by atoms with van der Waals surface area (Å²) in [7, 11) is 1.34. The summed E-state index contributed by atoms with van der Waals surface area (Å²) in [5, 5.41) is 9.70. The number of rotatable bonds is 3. The molecule has 1 aliphatic carbocycles. The standard InChI is InChI=1S/C17H19NO5/c1-22-16(20)15-11-7-8-14(13(15)10-19)18(9-11)17(21)23-12-5-3-2-4-6-12/h2-8,11,13-15,19H,9-10H2,1H3. The number of carbonyl (C=O) groups is 2. The number of methoxy groups -OCH3 is 1. The smallest absolute Gasteiger partial charge is 0.415 e. The normalized spacial score (nSPS) is 28.5. The molecule has 1 aromatic carbocycles. The van der Waals surface area contributed by atoms with Crippen LogP contribution in [0.25, 0.3) is 0 Å². The van der Waals surface area contributed by atoms with Gasteiger partial charge in [0.05, 0.1) is 19.1 Å². The summed E-state index contributed by atoms with van der Waals surface area (Å²) < 4.78 is 10.2. The van der Waals surface area contributed by atoms with Crippen LogP contribution in [0.1, 0.15) is 0 Å². The van der Waals surface area contributed by atoms with E-state index in [1.165, 1.54) is 7.11 Å². The zero-order valence-corrected chi connectivity index (χ0v) is 12.8. The predicted molar refractivity (Wildman–Crippen MR) is 81.7 cm³/mol. The summed E-state index contributed by atoms with van der Waals surface area (Å²) in [6.07, 6.45) is 3.31. The second-order valence-corrected chi connectivity index (χ2v) is 5.77. The molecule has 0 saturated carbocycles. The average molecular weight is 317 g/mol. The quantitative estimate of drug-likeness (QED) is 0.674. The number of hydrogen-bond acceptors (Lipinski definition) is 5. The first-order chi connectivity index (χ1) is 11.2. The molecule has 2 bridgehead atoms. The van der Waals surface area contributed by atoms with Crippen molar-refractivity contribution < 1.29 is 24.2 Å². The predicted octanol–water partition coefficient (Wildman–Crippen LogP) is 1.45. The van der Waals surface area contributed by atoms with Gasteiger partial charge >= 0.3 is 12.1 Å². The third-order valence-corrected chi connectivity index (χ3v) is 4.55. The molecule has 0 spiro atoms. The maximum atomic E-state index is 12.4. The fourth-order valence-corrected chi connectivity index (χ4v) is 3.46. The van der Waals surface area contributed by atoms with Crippen LogP contribution >= 0.6 is 0 Å². The Morgan fingerprint density at radius 2 is 2.00 bits per heavy atom. The van der Waals surface area contributed by atoms with E-state index >= 15 is 0 Å². The van der Waals surface area contributed by atoms with Gasteiger partial charge in [0, 0.05) is 25.0 Å². The average Bonchev–Trinajstić information content (AvgIpc) is 2.61. The summed E-state index contributed by atoms with van der Waals surface area (Å²) in [4.78, 5) is 26.0. The van der Waals surface area contributed by atoms with E-state index in [2.05, 4.69) is 0 Å². The lowest BCUT2D eigenvalue weighted by molar-refractivity contribution is -0.154. The van der Waals surface area contributed by atoms with Gasteiger partial charge in [0.2, 0.25) is 0 Å². The molecule has 6 nitrogen and oxygen atoms in total. The van der Waals surface area contributed by atoms with Gasteiger partial charge in [0.15, 0.2) is 0 Å². The second-order valence-electron chi connectivity index (χ2n) is 5.77. The molecule has 1 saturated heterocycles. The molecular formula is C17H19NO5. The molecule has 6 heteroatoms. The fourth-order valence-electron chi connectivity index (χ4n) is 3.46. The number of aliphatic hydroxyl groups is 1. The van der Waals surface area contributed by atoms with Crippen molar-refractivity contribution in [2.45, 2.75) is 6.04 Å². The number of carbonyl (C=O) groups excluding carboxylic acids is 2. The molecule has 3 aliphatic rings. The van der Waals surface area contributed by atoms with Crippen molar-refractivity contribution in [1.29, 1.82) is 0 Å². The summed E-state index contributed by atoms with van der Waals surface area (Å²) >= 11 is 0. The Hall–Kier alpha value is -2.34. The molecule has 1 fully saturated rings. The molecule has 4 rings (SSSR count). The van der Waals surface area contributed by atoms with Gasteiger partial charge in [-0.15, -0.1) is 0 Å². The third-order valence-electron chi connectivity index (χ3n) is 4.55. The molecule has 122 valence electrons. The molecule has 1 aromatic rings. The summed E-state index contributed by atoms with van der Waals surface area (Å²) in [6.45, 7) is 0.184. The van der Waals surface area contributed by atoms with Gasteiger partial charge in [-0.3, -0.25) is 4.79 Å². The van der Waals surface area contributed by atoms with E-state index in [0.717, 1.165) is 0 Å². The van der Waals surface area contributed by atoms with E-state index < -0.39 is 12.0 Å². The largest absolute Gasteiger partial charge is 0.469 e. The van der Waals surface area contributed by atoms with Crippen LogP contribution in [-0.2, 0) is 9.53 Å². The molecular weight excluding hydrogens is 298 g/mol. The first-order valence-corrected chi connectivity index (χ1v) is 7.56. The number of aliphatic hydroxyl groups excluding tert-OH is 1. The number of ether oxygens (including phenoxy) is 2. The maximum Gasteiger partial charge on any atom is 0.415 e. The minimum atomic E-state index is -0.475. The monoisotopic (exact) mass is 317 g/mol. The van der Waals surface area contributed by atoms with E-state index in [1.807, 2.05) is 18.2 Å². The number of nitrogens with zero attached hydrogens (tertiary/aromatic N) is 1. The van der Waals surface area contributed by atoms with Crippen LogP contribution in [-0.4, -0.2) is 48.4 Å². The number of amides is 1. The van der Waals surface area contributed by atoms with E-state index in [0.29, 0.717) is 12.3 Å². The highest BCUT2D eigenvalue weighted by Crippen LogP contribution is 2.40. The number of piperidine rings is 1. The van der Waals surface area contributed by atoms with Gasteiger partial charge in [0.1, 0.15) is 5.75 Å². The lowest BCUT2D eigenvalue weighted by Gasteiger charge is -2.48. The van der Waals surface area contributed by atoms with Crippen molar-refractivity contribution in [2.24, 2.45) is 17.8 Å². The van der Waals surface area contributed by atoms with Crippen molar-refractivity contribution >= 4 is 12.1 Å². The van der Waals surface area contributed by atoms with Crippen molar-refractivity contribution in [1.82, 2.24) is 4.90 Å². The number of esters is 1. The van der Waals surface area contributed by atoms with Gasteiger partial charge in [0.25, 0.3) is 0 Å². The number of hydrogen-bond donors (Lipinski definition) is 1. The van der Waals surface area contributed by atoms with E-state index in [-0.39, 0.29) is 30.5 Å². The Kier molecular flexibility index (Phi) is 4.34. The molecule has 2 heterocycles. The van der Waals surface area contributed by atoms with Gasteiger partial charge in [-0.05, 0) is 12.1 Å². The summed E-state index contributed by atoms with van der Waals surface area (Å²) in [6, 6.07) is 8.45. The van der Waals surface area contributed by atoms with Crippen LogP contribution in [0.2, 0.25) is 0 Å². The van der Waals surface area contributed by atoms with Gasteiger partial charge in [-0.25, -0.2) is 4.79 Å². The Labute approximate surface area is 134 Å². The van der Waals surface area contributed by atoms with Crippen LogP contribution in [0.5, 0.6) is 5.75 Å². The minimum Gasteiger partial charge on any atom is -0.469 e. The van der Waals surface area contributed by atoms with Crippen LogP contribution < -0.4 is 4.74 Å². The second kappa shape index (κ2) is 6.42. The molecule has 2 aliphatic heterocycles. The SMILES string of the molecule is COC(=O)C1C2C=CC(C1CO)N(C(=O)Oc1ccccc1)C2. The lowest BCUT2D eigenvalue weighted by atomic mass is 9.69. The maximum absolute atomic E-state index is 12.4. The number of benzene rings is 1. The molecule has 4 unspecified atom stereocenters. The van der Waals surface area contributed by atoms with Crippen LogP contribution in [0.4, 0.5) is 4.79 Å².